The molecule has 20 heavy (non-hydrogen) atoms. The molecule has 0 radical (unpaired) electrons. The van der Waals surface area contributed by atoms with E-state index in [0.29, 0.717) is 0 Å². The summed E-state index contributed by atoms with van der Waals surface area (Å²) in [5.41, 5.74) is 5.09. The van der Waals surface area contributed by atoms with E-state index < -0.39 is 0 Å². The highest BCUT2D eigenvalue weighted by Crippen LogP contribution is 2.31. The number of halogens is 1. The first-order valence-electron chi connectivity index (χ1n) is 6.15. The molecule has 0 aliphatic carbocycles. The van der Waals surface area contributed by atoms with E-state index in [9.17, 15) is 0 Å². The van der Waals surface area contributed by atoms with Crippen LogP contribution >= 0.6 is 26.9 Å². The monoisotopic (exact) mass is 344 g/mol. The van der Waals surface area contributed by atoms with Gasteiger partial charge in [-0.15, -0.1) is 17.0 Å². The molecule has 0 aliphatic heterocycles. The number of hydrogen-bond donors (Lipinski definition) is 0. The Morgan fingerprint density at radius 2 is 0.700 bits per heavy atom. The third-order valence-corrected chi connectivity index (χ3v) is 3.10. The fraction of sp³-hybridized carbons (Fsp3) is 0. The maximum Gasteiger partial charge on any atom is -0.0105 e. The van der Waals surface area contributed by atoms with E-state index in [0.717, 1.165) is 0 Å². The Morgan fingerprint density at radius 1 is 0.400 bits per heavy atom. The Hall–Kier alpha value is -1.43. The van der Waals surface area contributed by atoms with Gasteiger partial charge in [-0.25, -0.2) is 0 Å². The molecule has 3 aromatic carbocycles. The summed E-state index contributed by atoms with van der Waals surface area (Å²) in [6, 6.07) is 29.6. The molecule has 0 fully saturated rings. The van der Waals surface area contributed by atoms with Crippen molar-refractivity contribution in [3.63, 3.8) is 0 Å². The lowest BCUT2D eigenvalue weighted by molar-refractivity contribution is 1.58. The van der Waals surface area contributed by atoms with Crippen LogP contribution < -0.4 is 0 Å². The zero-order valence-corrected chi connectivity index (χ0v) is 14.3. The predicted octanol–water partition coefficient (Wildman–Crippen LogP) is 5.66. The Labute approximate surface area is 134 Å². The zero-order chi connectivity index (χ0) is 12.2. The minimum absolute atomic E-state index is 0. The van der Waals surface area contributed by atoms with E-state index in [-0.39, 0.29) is 26.9 Å². The van der Waals surface area contributed by atoms with Crippen LogP contribution in [0.25, 0.3) is 22.3 Å². The fourth-order valence-corrected chi connectivity index (χ4v) is 2.22. The number of hydrogen-bond acceptors (Lipinski definition) is 0. The zero-order valence-electron chi connectivity index (χ0n) is 11.2. The van der Waals surface area contributed by atoms with Crippen molar-refractivity contribution in [1.82, 2.24) is 0 Å². The van der Waals surface area contributed by atoms with E-state index in [2.05, 4.69) is 84.9 Å². The smallest absolute Gasteiger partial charge is 0.0105 e. The highest BCUT2D eigenvalue weighted by molar-refractivity contribution is 8.93. The lowest BCUT2D eigenvalue weighted by atomic mass is 9.95. The molecule has 3 rings (SSSR count). The molecule has 0 heterocycles. The van der Waals surface area contributed by atoms with E-state index in [1.807, 2.05) is 0 Å². The maximum absolute atomic E-state index is 2.18. The molecular formula is C18H18BrP. The second-order valence-electron chi connectivity index (χ2n) is 4.28. The Bertz CT molecular complexity index is 577. The summed E-state index contributed by atoms with van der Waals surface area (Å²) in [6.07, 6.45) is 0. The van der Waals surface area contributed by atoms with E-state index in [1.165, 1.54) is 22.3 Å². The number of benzene rings is 3. The molecule has 0 bridgehead atoms. The second-order valence-corrected chi connectivity index (χ2v) is 4.28. The molecule has 0 spiro atoms. The van der Waals surface area contributed by atoms with Crippen LogP contribution in [-0.2, 0) is 0 Å². The van der Waals surface area contributed by atoms with Gasteiger partial charge in [0.2, 0.25) is 0 Å². The summed E-state index contributed by atoms with van der Waals surface area (Å²) >= 11 is 0. The van der Waals surface area contributed by atoms with Crippen LogP contribution in [0.4, 0.5) is 0 Å². The molecule has 3 aromatic rings. The Kier molecular flexibility index (Phi) is 6.64. The van der Waals surface area contributed by atoms with Crippen molar-refractivity contribution in [2.45, 2.75) is 0 Å². The van der Waals surface area contributed by atoms with Crippen molar-refractivity contribution in [2.75, 3.05) is 0 Å². The summed E-state index contributed by atoms with van der Waals surface area (Å²) in [5, 5.41) is 0. The van der Waals surface area contributed by atoms with Crippen LogP contribution in [0.2, 0.25) is 0 Å². The average molecular weight is 345 g/mol. The van der Waals surface area contributed by atoms with Crippen molar-refractivity contribution >= 4 is 26.9 Å². The first-order valence-corrected chi connectivity index (χ1v) is 6.15. The van der Waals surface area contributed by atoms with Gasteiger partial charge in [0.1, 0.15) is 0 Å². The molecule has 0 nitrogen and oxygen atoms in total. The van der Waals surface area contributed by atoms with Crippen molar-refractivity contribution in [3.05, 3.63) is 84.9 Å². The summed E-state index contributed by atoms with van der Waals surface area (Å²) in [7, 11) is 0. The molecule has 1 unspecified atom stereocenters. The van der Waals surface area contributed by atoms with Crippen LogP contribution in [0.15, 0.2) is 84.9 Å². The second kappa shape index (κ2) is 7.99. The molecule has 0 amide bonds. The molecule has 102 valence electrons. The van der Waals surface area contributed by atoms with E-state index in [1.54, 1.807) is 0 Å². The highest BCUT2D eigenvalue weighted by atomic mass is 79.9. The van der Waals surface area contributed by atoms with Crippen LogP contribution in [-0.4, -0.2) is 0 Å². The van der Waals surface area contributed by atoms with Gasteiger partial charge in [-0.2, -0.15) is 9.90 Å². The minimum Gasteiger partial charge on any atom is -0.153 e. The lowest BCUT2D eigenvalue weighted by Gasteiger charge is -2.09. The van der Waals surface area contributed by atoms with Crippen molar-refractivity contribution in [2.24, 2.45) is 0 Å². The van der Waals surface area contributed by atoms with Gasteiger partial charge in [0.05, 0.1) is 0 Å². The van der Waals surface area contributed by atoms with Gasteiger partial charge in [-0.1, -0.05) is 84.9 Å². The largest absolute Gasteiger partial charge is 0.153 e. The predicted molar refractivity (Wildman–Crippen MR) is 98.7 cm³/mol. The summed E-state index contributed by atoms with van der Waals surface area (Å²) in [5.74, 6) is 0. The van der Waals surface area contributed by atoms with Crippen molar-refractivity contribution in [3.8, 4) is 22.3 Å². The van der Waals surface area contributed by atoms with Crippen LogP contribution in [0.3, 0.4) is 0 Å². The van der Waals surface area contributed by atoms with Gasteiger partial charge in [-0.05, 0) is 22.3 Å². The van der Waals surface area contributed by atoms with Gasteiger partial charge in [0.25, 0.3) is 0 Å². The molecule has 0 N–H and O–H groups in total. The Morgan fingerprint density at radius 3 is 1.05 bits per heavy atom. The first kappa shape index (κ1) is 16.6. The molecule has 0 aromatic heterocycles. The van der Waals surface area contributed by atoms with Gasteiger partial charge in [0.15, 0.2) is 0 Å². The standard InChI is InChI=1S/C18H14.BrH.H3P/c1-3-9-15(10-4-1)17-13-7-8-14-18(17)16-11-5-2-6-12-16;;/h1-14H;1H;1H3. The molecule has 0 saturated heterocycles. The molecule has 1 atom stereocenters. The van der Waals surface area contributed by atoms with Gasteiger partial charge in [0, 0.05) is 0 Å². The molecule has 2 heteroatoms. The Balaban J connectivity index is 0.000001000. The quantitative estimate of drug-likeness (QED) is 0.526. The maximum atomic E-state index is 2.18. The van der Waals surface area contributed by atoms with E-state index in [4.69, 9.17) is 0 Å². The third kappa shape index (κ3) is 3.56. The fourth-order valence-electron chi connectivity index (χ4n) is 2.22. The summed E-state index contributed by atoms with van der Waals surface area (Å²) in [4.78, 5) is 0. The van der Waals surface area contributed by atoms with Crippen molar-refractivity contribution in [1.29, 1.82) is 0 Å². The lowest BCUT2D eigenvalue weighted by Crippen LogP contribution is -1.83. The van der Waals surface area contributed by atoms with Gasteiger partial charge >= 0.3 is 0 Å². The topological polar surface area (TPSA) is 0 Å². The van der Waals surface area contributed by atoms with Gasteiger partial charge in [-0.3, -0.25) is 0 Å². The number of rotatable bonds is 2. The first-order chi connectivity index (χ1) is 8.95. The van der Waals surface area contributed by atoms with E-state index >= 15 is 0 Å². The van der Waals surface area contributed by atoms with Crippen molar-refractivity contribution < 1.29 is 0 Å². The molecule has 0 saturated carbocycles. The van der Waals surface area contributed by atoms with Crippen LogP contribution in [0, 0.1) is 0 Å². The third-order valence-electron chi connectivity index (χ3n) is 3.10. The van der Waals surface area contributed by atoms with Gasteiger partial charge < -0.3 is 0 Å². The minimum atomic E-state index is 0. The summed E-state index contributed by atoms with van der Waals surface area (Å²) < 4.78 is 0. The normalized spacial score (nSPS) is 9.20. The average Bonchev–Trinajstić information content (AvgIpc) is 2.49. The van der Waals surface area contributed by atoms with Crippen LogP contribution in [0.1, 0.15) is 0 Å². The summed E-state index contributed by atoms with van der Waals surface area (Å²) in [6.45, 7) is 0. The highest BCUT2D eigenvalue weighted by Gasteiger charge is 2.05. The molecular weight excluding hydrogens is 327 g/mol. The van der Waals surface area contributed by atoms with Crippen LogP contribution in [0.5, 0.6) is 0 Å². The SMILES string of the molecule is Br.P.c1ccc(-c2ccccc2-c2ccccc2)cc1. The molecule has 0 aliphatic rings.